The number of nitro benzene ring substituents is 1. The van der Waals surface area contributed by atoms with E-state index in [-0.39, 0.29) is 23.1 Å². The van der Waals surface area contributed by atoms with E-state index in [4.69, 9.17) is 0 Å². The van der Waals surface area contributed by atoms with E-state index in [9.17, 15) is 19.3 Å². The van der Waals surface area contributed by atoms with Gasteiger partial charge in [0.2, 0.25) is 0 Å². The zero-order valence-electron chi connectivity index (χ0n) is 13.6. The van der Waals surface area contributed by atoms with E-state index in [0.717, 1.165) is 24.9 Å². The molecule has 0 bridgehead atoms. The third kappa shape index (κ3) is 3.31. The molecule has 1 aliphatic rings. The summed E-state index contributed by atoms with van der Waals surface area (Å²) in [4.78, 5) is 24.5. The van der Waals surface area contributed by atoms with Gasteiger partial charge in [0.15, 0.2) is 0 Å². The molecule has 0 radical (unpaired) electrons. The molecule has 1 heterocycles. The lowest BCUT2D eigenvalue weighted by Gasteiger charge is -2.27. The van der Waals surface area contributed by atoms with Crippen molar-refractivity contribution in [2.45, 2.75) is 18.9 Å². The van der Waals surface area contributed by atoms with Gasteiger partial charge in [0.1, 0.15) is 11.4 Å². The second-order valence-corrected chi connectivity index (χ2v) is 5.85. The minimum atomic E-state index is -0.744. The van der Waals surface area contributed by atoms with Crippen LogP contribution >= 0.6 is 0 Å². The van der Waals surface area contributed by atoms with Crippen LogP contribution in [-0.2, 0) is 4.74 Å². The summed E-state index contributed by atoms with van der Waals surface area (Å²) in [6.07, 6.45) is 1.82. The number of anilines is 1. The molecule has 2 aromatic rings. The number of hydrogen-bond acceptors (Lipinski definition) is 5. The summed E-state index contributed by atoms with van der Waals surface area (Å²) < 4.78 is 17.8. The number of nitro groups is 1. The molecule has 0 spiro atoms. The minimum absolute atomic E-state index is 0.0348. The Balaban J connectivity index is 1.98. The van der Waals surface area contributed by atoms with Crippen LogP contribution in [0.2, 0.25) is 0 Å². The first-order valence-corrected chi connectivity index (χ1v) is 7.90. The lowest BCUT2D eigenvalue weighted by atomic mass is 10.0. The van der Waals surface area contributed by atoms with Gasteiger partial charge in [-0.15, -0.1) is 0 Å². The van der Waals surface area contributed by atoms with Crippen LogP contribution in [0.25, 0.3) is 0 Å². The zero-order valence-corrected chi connectivity index (χ0v) is 13.6. The third-order valence-electron chi connectivity index (χ3n) is 4.42. The monoisotopic (exact) mass is 344 g/mol. The fourth-order valence-corrected chi connectivity index (χ4v) is 3.24. The van der Waals surface area contributed by atoms with E-state index < -0.39 is 10.9 Å². The Morgan fingerprint density at radius 3 is 2.64 bits per heavy atom. The van der Waals surface area contributed by atoms with E-state index in [1.54, 1.807) is 18.2 Å². The average Bonchev–Trinajstić information content (AvgIpc) is 3.10. The molecule has 7 heteroatoms. The van der Waals surface area contributed by atoms with E-state index in [1.165, 1.54) is 31.4 Å². The van der Waals surface area contributed by atoms with Crippen LogP contribution < -0.4 is 4.90 Å². The summed E-state index contributed by atoms with van der Waals surface area (Å²) >= 11 is 0. The summed E-state index contributed by atoms with van der Waals surface area (Å²) in [7, 11) is 1.19. The third-order valence-corrected chi connectivity index (χ3v) is 4.42. The Morgan fingerprint density at radius 2 is 2.00 bits per heavy atom. The number of halogens is 1. The highest BCUT2D eigenvalue weighted by atomic mass is 19.1. The SMILES string of the molecule is COC(=O)c1cc(N2CCCC2c2ccc(F)cc2)ccc1[N+](=O)[O-]. The number of carbonyl (C=O) groups excluding carboxylic acids is 1. The molecule has 1 unspecified atom stereocenters. The first-order chi connectivity index (χ1) is 12.0. The zero-order chi connectivity index (χ0) is 18.0. The van der Waals surface area contributed by atoms with Gasteiger partial charge >= 0.3 is 5.97 Å². The normalized spacial score (nSPS) is 16.7. The van der Waals surface area contributed by atoms with Gasteiger partial charge in [-0.2, -0.15) is 0 Å². The van der Waals surface area contributed by atoms with Gasteiger partial charge < -0.3 is 9.64 Å². The molecule has 3 rings (SSSR count). The van der Waals surface area contributed by atoms with Crippen molar-refractivity contribution in [1.82, 2.24) is 0 Å². The van der Waals surface area contributed by atoms with E-state index >= 15 is 0 Å². The summed E-state index contributed by atoms with van der Waals surface area (Å²) in [5.41, 5.74) is 1.32. The molecule has 2 aromatic carbocycles. The Labute approximate surface area is 144 Å². The van der Waals surface area contributed by atoms with E-state index in [1.807, 2.05) is 0 Å². The van der Waals surface area contributed by atoms with Gasteiger partial charge in [0.05, 0.1) is 18.1 Å². The lowest BCUT2D eigenvalue weighted by molar-refractivity contribution is -0.385. The van der Waals surface area contributed by atoms with Crippen molar-refractivity contribution in [1.29, 1.82) is 0 Å². The number of esters is 1. The number of methoxy groups -OCH3 is 1. The number of carbonyl (C=O) groups is 1. The first kappa shape index (κ1) is 16.9. The molecule has 1 atom stereocenters. The topological polar surface area (TPSA) is 72.7 Å². The number of hydrogen-bond donors (Lipinski definition) is 0. The summed E-state index contributed by atoms with van der Waals surface area (Å²) in [5.74, 6) is -1.04. The van der Waals surface area contributed by atoms with Crippen LogP contribution in [-0.4, -0.2) is 24.5 Å². The second-order valence-electron chi connectivity index (χ2n) is 5.85. The average molecular weight is 344 g/mol. The highest BCUT2D eigenvalue weighted by molar-refractivity contribution is 5.95. The fraction of sp³-hybridized carbons (Fsp3) is 0.278. The molecule has 0 amide bonds. The Hall–Kier alpha value is -2.96. The smallest absolute Gasteiger partial charge is 0.344 e. The molecule has 0 aromatic heterocycles. The Morgan fingerprint density at radius 1 is 1.28 bits per heavy atom. The van der Waals surface area contributed by atoms with Crippen LogP contribution in [0.4, 0.5) is 15.8 Å². The molecule has 25 heavy (non-hydrogen) atoms. The number of nitrogens with zero attached hydrogens (tertiary/aromatic N) is 2. The second kappa shape index (κ2) is 6.88. The summed E-state index contributed by atoms with van der Waals surface area (Å²) in [6, 6.07) is 10.8. The summed E-state index contributed by atoms with van der Waals surface area (Å²) in [5, 5.41) is 11.1. The standard InChI is InChI=1S/C18H17FN2O4/c1-25-18(22)15-11-14(8-9-17(15)21(23)24)20-10-2-3-16(20)12-4-6-13(19)7-5-12/h4-9,11,16H,2-3,10H2,1H3. The van der Waals surface area contributed by atoms with Gasteiger partial charge in [0, 0.05) is 18.3 Å². The van der Waals surface area contributed by atoms with Crippen LogP contribution in [0, 0.1) is 15.9 Å². The first-order valence-electron chi connectivity index (χ1n) is 7.90. The van der Waals surface area contributed by atoms with Gasteiger partial charge in [0.25, 0.3) is 5.69 Å². The molecular formula is C18H17FN2O4. The molecule has 1 saturated heterocycles. The fourth-order valence-electron chi connectivity index (χ4n) is 3.24. The van der Waals surface area contributed by atoms with Crippen molar-refractivity contribution in [3.63, 3.8) is 0 Å². The van der Waals surface area contributed by atoms with Crippen molar-refractivity contribution < 1.29 is 18.8 Å². The Bertz CT molecular complexity index is 807. The van der Waals surface area contributed by atoms with Gasteiger partial charge in [-0.25, -0.2) is 9.18 Å². The van der Waals surface area contributed by atoms with Crippen molar-refractivity contribution in [2.75, 3.05) is 18.6 Å². The molecule has 6 nitrogen and oxygen atoms in total. The predicted molar refractivity (Wildman–Crippen MR) is 90.2 cm³/mol. The van der Waals surface area contributed by atoms with Crippen molar-refractivity contribution >= 4 is 17.3 Å². The maximum Gasteiger partial charge on any atom is 0.344 e. The minimum Gasteiger partial charge on any atom is -0.465 e. The van der Waals surface area contributed by atoms with Gasteiger partial charge in [-0.05, 0) is 42.7 Å². The highest BCUT2D eigenvalue weighted by Crippen LogP contribution is 2.37. The molecule has 0 saturated carbocycles. The van der Waals surface area contributed by atoms with Crippen LogP contribution in [0.3, 0.4) is 0 Å². The predicted octanol–water partition coefficient (Wildman–Crippen LogP) is 3.86. The van der Waals surface area contributed by atoms with E-state index in [0.29, 0.717) is 5.69 Å². The maximum absolute atomic E-state index is 13.2. The highest BCUT2D eigenvalue weighted by Gasteiger charge is 2.29. The van der Waals surface area contributed by atoms with Crippen LogP contribution in [0.15, 0.2) is 42.5 Å². The number of benzene rings is 2. The molecule has 1 fully saturated rings. The lowest BCUT2D eigenvalue weighted by Crippen LogP contribution is -2.23. The quantitative estimate of drug-likeness (QED) is 0.478. The van der Waals surface area contributed by atoms with Gasteiger partial charge in [-0.3, -0.25) is 10.1 Å². The molecular weight excluding hydrogens is 327 g/mol. The Kier molecular flexibility index (Phi) is 4.65. The molecule has 1 aliphatic heterocycles. The largest absolute Gasteiger partial charge is 0.465 e. The van der Waals surface area contributed by atoms with Crippen LogP contribution in [0.1, 0.15) is 34.8 Å². The van der Waals surface area contributed by atoms with Crippen molar-refractivity contribution in [3.8, 4) is 0 Å². The number of rotatable bonds is 4. The van der Waals surface area contributed by atoms with Gasteiger partial charge in [-0.1, -0.05) is 12.1 Å². The number of ether oxygens (including phenoxy) is 1. The van der Waals surface area contributed by atoms with E-state index in [2.05, 4.69) is 9.64 Å². The van der Waals surface area contributed by atoms with Crippen molar-refractivity contribution in [3.05, 3.63) is 69.5 Å². The van der Waals surface area contributed by atoms with Crippen LogP contribution in [0.5, 0.6) is 0 Å². The molecule has 0 aliphatic carbocycles. The summed E-state index contributed by atoms with van der Waals surface area (Å²) in [6.45, 7) is 0.750. The maximum atomic E-state index is 13.2. The molecule has 0 N–H and O–H groups in total. The van der Waals surface area contributed by atoms with Crippen molar-refractivity contribution in [2.24, 2.45) is 0 Å². The molecule has 130 valence electrons.